The van der Waals surface area contributed by atoms with E-state index >= 15 is 0 Å². The highest BCUT2D eigenvalue weighted by Crippen LogP contribution is 2.11. The van der Waals surface area contributed by atoms with Crippen molar-refractivity contribution in [1.82, 2.24) is 4.98 Å². The molecule has 0 aliphatic carbocycles. The van der Waals surface area contributed by atoms with Crippen LogP contribution >= 0.6 is 0 Å². The number of hydrogen-bond donors (Lipinski definition) is 2. The third-order valence-corrected chi connectivity index (χ3v) is 2.34. The van der Waals surface area contributed by atoms with Crippen LogP contribution in [0.15, 0.2) is 18.2 Å². The zero-order valence-corrected chi connectivity index (χ0v) is 9.49. The molecule has 1 heterocycles. The highest BCUT2D eigenvalue weighted by Gasteiger charge is 2.10. The Kier molecular flexibility index (Phi) is 3.66. The molecule has 0 radical (unpaired) electrons. The van der Waals surface area contributed by atoms with Crippen LogP contribution in [-0.2, 0) is 0 Å². The molecule has 4 heteroatoms. The maximum absolute atomic E-state index is 7.33. The van der Waals surface area contributed by atoms with E-state index in [1.54, 1.807) is 0 Å². The highest BCUT2D eigenvalue weighted by atomic mass is 15.2. The van der Waals surface area contributed by atoms with Crippen LogP contribution in [0.4, 0.5) is 5.82 Å². The van der Waals surface area contributed by atoms with Gasteiger partial charge < -0.3 is 10.6 Å². The molecule has 82 valence electrons. The van der Waals surface area contributed by atoms with Crippen molar-refractivity contribution in [2.45, 2.75) is 13.8 Å². The Labute approximate surface area is 90.6 Å². The molecule has 3 N–H and O–H groups in total. The average Bonchev–Trinajstić information content (AvgIpc) is 2.17. The molecule has 0 amide bonds. The molecule has 0 aliphatic heterocycles. The van der Waals surface area contributed by atoms with E-state index in [1.807, 2.05) is 44.0 Å². The normalized spacial score (nSPS) is 12.2. The largest absolute Gasteiger partial charge is 0.387 e. The molecule has 1 rings (SSSR count). The van der Waals surface area contributed by atoms with Crippen molar-refractivity contribution in [2.75, 3.05) is 18.5 Å². The van der Waals surface area contributed by atoms with E-state index in [2.05, 4.69) is 4.98 Å². The fourth-order valence-corrected chi connectivity index (χ4v) is 1.34. The summed E-state index contributed by atoms with van der Waals surface area (Å²) in [7, 11) is 1.96. The third-order valence-electron chi connectivity index (χ3n) is 2.34. The summed E-state index contributed by atoms with van der Waals surface area (Å²) in [6, 6.07) is 5.90. The van der Waals surface area contributed by atoms with Gasteiger partial charge in [0, 0.05) is 25.2 Å². The van der Waals surface area contributed by atoms with Crippen LogP contribution in [0.2, 0.25) is 0 Å². The molecule has 0 saturated carbocycles. The van der Waals surface area contributed by atoms with E-state index in [0.717, 1.165) is 11.5 Å². The summed E-state index contributed by atoms with van der Waals surface area (Å²) in [6.07, 6.45) is 0. The van der Waals surface area contributed by atoms with E-state index in [4.69, 9.17) is 11.1 Å². The number of rotatable bonds is 4. The van der Waals surface area contributed by atoms with Gasteiger partial charge in [0.2, 0.25) is 0 Å². The van der Waals surface area contributed by atoms with E-state index in [1.165, 1.54) is 0 Å². The van der Waals surface area contributed by atoms with Crippen molar-refractivity contribution in [3.8, 4) is 0 Å². The molecule has 1 atom stereocenters. The molecule has 0 saturated heterocycles. The van der Waals surface area contributed by atoms with Crippen LogP contribution in [0.5, 0.6) is 0 Å². The van der Waals surface area contributed by atoms with Crippen LogP contribution in [0, 0.1) is 18.3 Å². The summed E-state index contributed by atoms with van der Waals surface area (Å²) in [6.45, 7) is 4.62. The van der Waals surface area contributed by atoms with Crippen molar-refractivity contribution < 1.29 is 0 Å². The average molecular weight is 206 g/mol. The molecule has 0 aliphatic rings. The van der Waals surface area contributed by atoms with Gasteiger partial charge in [-0.1, -0.05) is 13.0 Å². The number of nitrogens with one attached hydrogen (secondary N) is 1. The summed E-state index contributed by atoms with van der Waals surface area (Å²) in [5.41, 5.74) is 6.42. The Morgan fingerprint density at radius 3 is 2.80 bits per heavy atom. The molecular weight excluding hydrogens is 188 g/mol. The van der Waals surface area contributed by atoms with Crippen LogP contribution < -0.4 is 10.6 Å². The first-order valence-corrected chi connectivity index (χ1v) is 4.99. The molecule has 0 fully saturated rings. The van der Waals surface area contributed by atoms with Crippen LogP contribution in [0.25, 0.3) is 0 Å². The van der Waals surface area contributed by atoms with E-state index in [-0.39, 0.29) is 11.8 Å². The van der Waals surface area contributed by atoms with Gasteiger partial charge in [-0.15, -0.1) is 0 Å². The molecular formula is C11H18N4. The smallest absolute Gasteiger partial charge is 0.128 e. The zero-order chi connectivity index (χ0) is 11.4. The fraction of sp³-hybridized carbons (Fsp3) is 0.455. The van der Waals surface area contributed by atoms with Gasteiger partial charge >= 0.3 is 0 Å². The topological polar surface area (TPSA) is 66.0 Å². The maximum Gasteiger partial charge on any atom is 0.128 e. The number of nitrogens with two attached hydrogens (primary N) is 1. The Hall–Kier alpha value is -1.58. The van der Waals surface area contributed by atoms with Crippen molar-refractivity contribution >= 4 is 11.7 Å². The lowest BCUT2D eigenvalue weighted by Crippen LogP contribution is -2.32. The van der Waals surface area contributed by atoms with Gasteiger partial charge in [-0.2, -0.15) is 0 Å². The first-order chi connectivity index (χ1) is 7.00. The summed E-state index contributed by atoms with van der Waals surface area (Å²) in [5.74, 6) is 1.19. The minimum absolute atomic E-state index is 0.0531. The van der Waals surface area contributed by atoms with Gasteiger partial charge in [0.05, 0.1) is 5.84 Å². The van der Waals surface area contributed by atoms with Gasteiger partial charge in [0.1, 0.15) is 5.82 Å². The lowest BCUT2D eigenvalue weighted by atomic mass is 10.1. The standard InChI is InChI=1S/C11H18N4/c1-8(11(12)13)7-15(3)10-6-4-5-9(2)14-10/h4-6,8H,7H2,1-3H3,(H3,12,13). The first-order valence-electron chi connectivity index (χ1n) is 4.99. The first kappa shape index (κ1) is 11.5. The minimum Gasteiger partial charge on any atom is -0.387 e. The number of aryl methyl sites for hydroxylation is 1. The summed E-state index contributed by atoms with van der Waals surface area (Å²) < 4.78 is 0. The van der Waals surface area contributed by atoms with Crippen molar-refractivity contribution in [1.29, 1.82) is 5.41 Å². The molecule has 15 heavy (non-hydrogen) atoms. The second-order valence-electron chi connectivity index (χ2n) is 3.87. The molecule has 1 aromatic rings. The number of aromatic nitrogens is 1. The predicted molar refractivity (Wildman–Crippen MR) is 63.3 cm³/mol. The van der Waals surface area contributed by atoms with Crippen molar-refractivity contribution in [2.24, 2.45) is 11.7 Å². The Morgan fingerprint density at radius 1 is 1.60 bits per heavy atom. The van der Waals surface area contributed by atoms with Crippen LogP contribution in [0.1, 0.15) is 12.6 Å². The number of nitrogens with zero attached hydrogens (tertiary/aromatic N) is 2. The van der Waals surface area contributed by atoms with Gasteiger partial charge in [0.15, 0.2) is 0 Å². The lowest BCUT2D eigenvalue weighted by Gasteiger charge is -2.21. The fourth-order valence-electron chi connectivity index (χ4n) is 1.34. The van der Waals surface area contributed by atoms with Gasteiger partial charge in [-0.3, -0.25) is 5.41 Å². The van der Waals surface area contributed by atoms with Gasteiger partial charge in [-0.05, 0) is 19.1 Å². The second kappa shape index (κ2) is 4.77. The molecule has 1 unspecified atom stereocenters. The Balaban J connectivity index is 2.68. The maximum atomic E-state index is 7.33. The zero-order valence-electron chi connectivity index (χ0n) is 9.49. The summed E-state index contributed by atoms with van der Waals surface area (Å²) >= 11 is 0. The molecule has 1 aromatic heterocycles. The lowest BCUT2D eigenvalue weighted by molar-refractivity contribution is 0.722. The minimum atomic E-state index is 0.0531. The molecule has 0 bridgehead atoms. The Morgan fingerprint density at radius 2 is 2.27 bits per heavy atom. The van der Waals surface area contributed by atoms with E-state index in [9.17, 15) is 0 Å². The van der Waals surface area contributed by atoms with Crippen LogP contribution in [0.3, 0.4) is 0 Å². The third kappa shape index (κ3) is 3.23. The monoisotopic (exact) mass is 206 g/mol. The SMILES string of the molecule is Cc1cccc(N(C)CC(C)C(=N)N)n1. The van der Waals surface area contributed by atoms with Gasteiger partial charge in [0.25, 0.3) is 0 Å². The Bertz CT molecular complexity index is 348. The number of pyridine rings is 1. The second-order valence-corrected chi connectivity index (χ2v) is 3.87. The predicted octanol–water partition coefficient (Wildman–Crippen LogP) is 1.40. The van der Waals surface area contributed by atoms with Crippen molar-refractivity contribution in [3.63, 3.8) is 0 Å². The van der Waals surface area contributed by atoms with E-state index < -0.39 is 0 Å². The molecule has 0 spiro atoms. The number of hydrogen-bond acceptors (Lipinski definition) is 3. The number of anilines is 1. The van der Waals surface area contributed by atoms with Crippen LogP contribution in [-0.4, -0.2) is 24.4 Å². The van der Waals surface area contributed by atoms with Crippen molar-refractivity contribution in [3.05, 3.63) is 23.9 Å². The van der Waals surface area contributed by atoms with Gasteiger partial charge in [-0.25, -0.2) is 4.98 Å². The summed E-state index contributed by atoms with van der Waals surface area (Å²) in [5, 5.41) is 7.33. The molecule has 0 aromatic carbocycles. The number of amidine groups is 1. The quantitative estimate of drug-likeness (QED) is 0.578. The molecule has 4 nitrogen and oxygen atoms in total. The van der Waals surface area contributed by atoms with E-state index in [0.29, 0.717) is 6.54 Å². The highest BCUT2D eigenvalue weighted by molar-refractivity contribution is 5.79. The summed E-state index contributed by atoms with van der Waals surface area (Å²) in [4.78, 5) is 6.41.